The second-order valence-corrected chi connectivity index (χ2v) is 9.57. The van der Waals surface area contributed by atoms with E-state index in [4.69, 9.17) is 0 Å². The van der Waals surface area contributed by atoms with Gasteiger partial charge in [-0.2, -0.15) is 8.42 Å². The van der Waals surface area contributed by atoms with Crippen molar-refractivity contribution in [2.45, 2.75) is 11.8 Å². The molecule has 1 saturated heterocycles. The number of para-hydroxylation sites is 2. The van der Waals surface area contributed by atoms with E-state index in [9.17, 15) is 13.2 Å². The van der Waals surface area contributed by atoms with Crippen molar-refractivity contribution >= 4 is 44.2 Å². The summed E-state index contributed by atoms with van der Waals surface area (Å²) >= 11 is 1.19. The third kappa shape index (κ3) is 4.17. The quantitative estimate of drug-likeness (QED) is 0.722. The average Bonchev–Trinajstić information content (AvgIpc) is 2.78. The molecule has 2 aliphatic rings. The number of benzene rings is 2. The van der Waals surface area contributed by atoms with Crippen LogP contribution in [0.3, 0.4) is 0 Å². The maximum absolute atomic E-state index is 12.7. The zero-order chi connectivity index (χ0) is 21.1. The number of anilines is 2. The number of hydrogen-bond donors (Lipinski definition) is 0. The van der Waals surface area contributed by atoms with Gasteiger partial charge in [0, 0.05) is 38.4 Å². The molecule has 158 valence electrons. The van der Waals surface area contributed by atoms with E-state index in [-0.39, 0.29) is 16.6 Å². The van der Waals surface area contributed by atoms with Crippen LogP contribution in [0.1, 0.15) is 6.92 Å². The number of piperazine rings is 1. The minimum Gasteiger partial charge on any atom is -0.368 e. The first-order chi connectivity index (χ1) is 14.5. The standard InChI is InChI=1S/C21H24N4O3S2/c1-2-25-18-10-6-7-11-19(18)30(27,28)22-21(25)29-16-20(26)24-14-12-23(13-15-24)17-8-4-3-5-9-17/h3-11H,2,12-16H2,1H3. The fraction of sp³-hybridized carbons (Fsp3) is 0.333. The molecular formula is C21H24N4O3S2. The first kappa shape index (κ1) is 20.7. The summed E-state index contributed by atoms with van der Waals surface area (Å²) in [4.78, 5) is 18.9. The van der Waals surface area contributed by atoms with Crippen LogP contribution in [0.2, 0.25) is 0 Å². The number of amides is 1. The molecule has 0 unspecified atom stereocenters. The largest absolute Gasteiger partial charge is 0.368 e. The molecule has 0 atom stereocenters. The highest BCUT2D eigenvalue weighted by Crippen LogP contribution is 2.33. The lowest BCUT2D eigenvalue weighted by Crippen LogP contribution is -2.49. The Balaban J connectivity index is 1.39. The molecule has 2 aliphatic heterocycles. The number of thioether (sulfide) groups is 1. The summed E-state index contributed by atoms with van der Waals surface area (Å²) in [6, 6.07) is 17.0. The molecule has 0 N–H and O–H groups in total. The van der Waals surface area contributed by atoms with E-state index >= 15 is 0 Å². The third-order valence-corrected chi connectivity index (χ3v) is 7.65. The lowest BCUT2D eigenvalue weighted by molar-refractivity contribution is -0.128. The van der Waals surface area contributed by atoms with Crippen molar-refractivity contribution in [3.8, 4) is 0 Å². The van der Waals surface area contributed by atoms with Gasteiger partial charge in [-0.1, -0.05) is 42.1 Å². The Morgan fingerprint density at radius 3 is 2.37 bits per heavy atom. The highest BCUT2D eigenvalue weighted by atomic mass is 32.2. The average molecular weight is 445 g/mol. The van der Waals surface area contributed by atoms with Crippen LogP contribution in [0.5, 0.6) is 0 Å². The zero-order valence-electron chi connectivity index (χ0n) is 16.8. The Morgan fingerprint density at radius 2 is 1.67 bits per heavy atom. The fourth-order valence-corrected chi connectivity index (χ4v) is 6.10. The van der Waals surface area contributed by atoms with Gasteiger partial charge >= 0.3 is 0 Å². The van der Waals surface area contributed by atoms with Crippen molar-refractivity contribution in [3.63, 3.8) is 0 Å². The van der Waals surface area contributed by atoms with E-state index in [2.05, 4.69) is 21.4 Å². The van der Waals surface area contributed by atoms with Gasteiger partial charge in [-0.25, -0.2) is 0 Å². The monoisotopic (exact) mass is 444 g/mol. The number of carbonyl (C=O) groups excluding carboxylic acids is 1. The van der Waals surface area contributed by atoms with Crippen LogP contribution in [-0.2, 0) is 14.8 Å². The highest BCUT2D eigenvalue weighted by Gasteiger charge is 2.31. The predicted octanol–water partition coefficient (Wildman–Crippen LogP) is 2.65. The molecule has 4 rings (SSSR count). The highest BCUT2D eigenvalue weighted by molar-refractivity contribution is 8.15. The second kappa shape index (κ2) is 8.69. The van der Waals surface area contributed by atoms with Crippen LogP contribution in [0.4, 0.5) is 11.4 Å². The van der Waals surface area contributed by atoms with Gasteiger partial charge in [0.2, 0.25) is 5.91 Å². The summed E-state index contributed by atoms with van der Waals surface area (Å²) in [5, 5.41) is 0.354. The van der Waals surface area contributed by atoms with Crippen LogP contribution in [0, 0.1) is 0 Å². The molecule has 0 radical (unpaired) electrons. The van der Waals surface area contributed by atoms with Gasteiger partial charge in [0.25, 0.3) is 10.0 Å². The van der Waals surface area contributed by atoms with E-state index in [1.54, 1.807) is 18.2 Å². The summed E-state index contributed by atoms with van der Waals surface area (Å²) in [7, 11) is -3.75. The van der Waals surface area contributed by atoms with Crippen molar-refractivity contribution in [3.05, 3.63) is 54.6 Å². The zero-order valence-corrected chi connectivity index (χ0v) is 18.4. The van der Waals surface area contributed by atoms with Gasteiger partial charge in [0.05, 0.1) is 11.4 Å². The maximum Gasteiger partial charge on any atom is 0.286 e. The van der Waals surface area contributed by atoms with Crippen LogP contribution < -0.4 is 9.80 Å². The summed E-state index contributed by atoms with van der Waals surface area (Å²) in [6.45, 7) is 5.38. The van der Waals surface area contributed by atoms with Crippen LogP contribution >= 0.6 is 11.8 Å². The summed E-state index contributed by atoms with van der Waals surface area (Å²) < 4.78 is 29.0. The van der Waals surface area contributed by atoms with Crippen LogP contribution in [-0.4, -0.2) is 62.9 Å². The van der Waals surface area contributed by atoms with Crippen molar-refractivity contribution in [1.82, 2.24) is 4.90 Å². The normalized spacial score (nSPS) is 18.0. The first-order valence-electron chi connectivity index (χ1n) is 9.91. The SMILES string of the molecule is CCN1C(SCC(=O)N2CCN(c3ccccc3)CC2)=NS(=O)(=O)c2ccccc21. The molecule has 2 aromatic carbocycles. The number of carbonyl (C=O) groups is 1. The minimum atomic E-state index is -3.75. The van der Waals surface area contributed by atoms with Crippen molar-refractivity contribution in [2.75, 3.05) is 48.3 Å². The molecule has 7 nitrogen and oxygen atoms in total. The molecule has 30 heavy (non-hydrogen) atoms. The molecule has 0 aliphatic carbocycles. The van der Waals surface area contributed by atoms with Crippen molar-refractivity contribution in [1.29, 1.82) is 0 Å². The van der Waals surface area contributed by atoms with Crippen LogP contribution in [0.15, 0.2) is 63.9 Å². The lowest BCUT2D eigenvalue weighted by Gasteiger charge is -2.36. The van der Waals surface area contributed by atoms with Crippen molar-refractivity contribution in [2.24, 2.45) is 4.40 Å². The van der Waals surface area contributed by atoms with E-state index in [1.165, 1.54) is 11.8 Å². The number of fused-ring (bicyclic) bond motifs is 1. The maximum atomic E-state index is 12.7. The lowest BCUT2D eigenvalue weighted by atomic mass is 10.2. The fourth-order valence-electron chi connectivity index (χ4n) is 3.68. The van der Waals surface area contributed by atoms with Gasteiger partial charge < -0.3 is 14.7 Å². The van der Waals surface area contributed by atoms with Gasteiger partial charge in [-0.05, 0) is 31.2 Å². The summed E-state index contributed by atoms with van der Waals surface area (Å²) in [6.07, 6.45) is 0. The van der Waals surface area contributed by atoms with Crippen LogP contribution in [0.25, 0.3) is 0 Å². The minimum absolute atomic E-state index is 0.00252. The first-order valence-corrected chi connectivity index (χ1v) is 12.3. The Bertz CT molecular complexity index is 1050. The smallest absolute Gasteiger partial charge is 0.286 e. The van der Waals surface area contributed by atoms with E-state index in [1.807, 2.05) is 41.0 Å². The number of nitrogens with zero attached hydrogens (tertiary/aromatic N) is 4. The number of sulfonamides is 1. The molecule has 0 spiro atoms. The number of amidine groups is 1. The van der Waals surface area contributed by atoms with E-state index in [0.717, 1.165) is 18.8 Å². The molecule has 2 heterocycles. The van der Waals surface area contributed by atoms with Crippen molar-refractivity contribution < 1.29 is 13.2 Å². The van der Waals surface area contributed by atoms with E-state index < -0.39 is 10.0 Å². The Kier molecular flexibility index (Phi) is 6.01. The molecule has 0 aromatic heterocycles. The summed E-state index contributed by atoms with van der Waals surface area (Å²) in [5.74, 6) is 0.168. The van der Waals surface area contributed by atoms with Gasteiger partial charge in [-0.3, -0.25) is 4.79 Å². The Morgan fingerprint density at radius 1 is 1.00 bits per heavy atom. The van der Waals surface area contributed by atoms with E-state index in [0.29, 0.717) is 30.5 Å². The molecule has 1 amide bonds. The molecule has 0 bridgehead atoms. The Labute approximate surface area is 181 Å². The third-order valence-electron chi connectivity index (χ3n) is 5.26. The predicted molar refractivity (Wildman–Crippen MR) is 122 cm³/mol. The molecule has 0 saturated carbocycles. The molecule has 2 aromatic rings. The number of hydrogen-bond acceptors (Lipinski definition) is 6. The molecular weight excluding hydrogens is 420 g/mol. The second-order valence-electron chi connectivity index (χ2n) is 7.05. The van der Waals surface area contributed by atoms with Gasteiger partial charge in [0.15, 0.2) is 5.17 Å². The molecule has 1 fully saturated rings. The summed E-state index contributed by atoms with van der Waals surface area (Å²) in [5.41, 5.74) is 1.78. The topological polar surface area (TPSA) is 73.3 Å². The number of rotatable bonds is 4. The van der Waals surface area contributed by atoms with Gasteiger partial charge in [0.1, 0.15) is 4.90 Å². The molecule has 9 heteroatoms. The van der Waals surface area contributed by atoms with Gasteiger partial charge in [-0.15, -0.1) is 4.40 Å². The Hall–Kier alpha value is -2.52.